The van der Waals surface area contributed by atoms with Gasteiger partial charge in [-0.2, -0.15) is 0 Å². The molecule has 4 amide bonds. The van der Waals surface area contributed by atoms with E-state index in [2.05, 4.69) is 10.6 Å². The van der Waals surface area contributed by atoms with Crippen molar-refractivity contribution in [3.8, 4) is 0 Å². The Balaban J connectivity index is 1.83. The van der Waals surface area contributed by atoms with Crippen molar-refractivity contribution in [2.45, 2.75) is 0 Å². The maximum atomic E-state index is 13.3. The molecular formula is C17H12Cl2FN3O3. The Labute approximate surface area is 157 Å². The second-order valence-corrected chi connectivity index (χ2v) is 6.35. The third-order valence-electron chi connectivity index (χ3n) is 3.75. The molecular weight excluding hydrogens is 384 g/mol. The summed E-state index contributed by atoms with van der Waals surface area (Å²) < 4.78 is 13.3. The second-order valence-electron chi connectivity index (χ2n) is 5.51. The number of halogens is 3. The van der Waals surface area contributed by atoms with Gasteiger partial charge in [0, 0.05) is 17.3 Å². The predicted octanol–water partition coefficient (Wildman–Crippen LogP) is 3.44. The molecule has 1 atom stereocenters. The van der Waals surface area contributed by atoms with Gasteiger partial charge in [-0.05, 0) is 36.4 Å². The number of amides is 4. The van der Waals surface area contributed by atoms with Crippen molar-refractivity contribution in [1.82, 2.24) is 5.32 Å². The van der Waals surface area contributed by atoms with E-state index in [0.717, 1.165) is 17.0 Å². The summed E-state index contributed by atoms with van der Waals surface area (Å²) >= 11 is 11.6. The number of carbonyl (C=O) groups excluding carboxylic acids is 3. The topological polar surface area (TPSA) is 78.5 Å². The van der Waals surface area contributed by atoms with Gasteiger partial charge in [0.25, 0.3) is 0 Å². The minimum absolute atomic E-state index is 0.0687. The molecule has 0 spiro atoms. The molecule has 0 aliphatic carbocycles. The van der Waals surface area contributed by atoms with E-state index in [1.807, 2.05) is 0 Å². The Kier molecular flexibility index (Phi) is 5.11. The van der Waals surface area contributed by atoms with Gasteiger partial charge in [0.1, 0.15) is 11.7 Å². The fraction of sp³-hybridized carbons (Fsp3) is 0.118. The van der Waals surface area contributed by atoms with Gasteiger partial charge in [-0.1, -0.05) is 29.3 Å². The molecule has 134 valence electrons. The van der Waals surface area contributed by atoms with E-state index in [-0.39, 0.29) is 17.3 Å². The van der Waals surface area contributed by atoms with Crippen molar-refractivity contribution in [3.05, 3.63) is 58.3 Å². The molecule has 2 aromatic carbocycles. The van der Waals surface area contributed by atoms with Crippen LogP contribution < -0.4 is 15.5 Å². The van der Waals surface area contributed by atoms with Crippen LogP contribution >= 0.6 is 23.2 Å². The van der Waals surface area contributed by atoms with Crippen LogP contribution in [0.25, 0.3) is 0 Å². The van der Waals surface area contributed by atoms with Gasteiger partial charge >= 0.3 is 6.03 Å². The first kappa shape index (κ1) is 18.2. The molecule has 1 saturated heterocycles. The van der Waals surface area contributed by atoms with Crippen LogP contribution in [0.1, 0.15) is 0 Å². The van der Waals surface area contributed by atoms with Gasteiger partial charge in [0.05, 0.1) is 10.7 Å². The van der Waals surface area contributed by atoms with Gasteiger partial charge in [0.2, 0.25) is 11.8 Å². The summed E-state index contributed by atoms with van der Waals surface area (Å²) in [6.07, 6.45) is 0. The predicted molar refractivity (Wildman–Crippen MR) is 95.9 cm³/mol. The summed E-state index contributed by atoms with van der Waals surface area (Å²) in [5.41, 5.74) is 0.489. The molecule has 0 saturated carbocycles. The van der Waals surface area contributed by atoms with Crippen LogP contribution in [0.4, 0.5) is 20.6 Å². The first-order chi connectivity index (χ1) is 12.4. The lowest BCUT2D eigenvalue weighted by Gasteiger charge is -2.30. The van der Waals surface area contributed by atoms with Crippen molar-refractivity contribution >= 4 is 52.4 Å². The lowest BCUT2D eigenvalue weighted by Crippen LogP contribution is -2.58. The summed E-state index contributed by atoms with van der Waals surface area (Å²) in [4.78, 5) is 38.0. The minimum atomic E-state index is -1.16. The standard InChI is InChI=1S/C17H12Cl2FN3O3/c18-9-2-1-3-10(6-9)22-15(24)12-8-21-17(26)23(16(12)25)11-4-5-14(20)13(19)7-11/h1-7,12H,8H2,(H,21,26)(H,22,24). The van der Waals surface area contributed by atoms with Crippen LogP contribution in [0.3, 0.4) is 0 Å². The van der Waals surface area contributed by atoms with E-state index < -0.39 is 29.6 Å². The molecule has 1 unspecified atom stereocenters. The maximum absolute atomic E-state index is 13.3. The summed E-state index contributed by atoms with van der Waals surface area (Å²) in [7, 11) is 0. The number of urea groups is 1. The molecule has 1 aliphatic heterocycles. The highest BCUT2D eigenvalue weighted by Crippen LogP contribution is 2.26. The molecule has 1 aliphatic rings. The number of nitrogens with zero attached hydrogens (tertiary/aromatic N) is 1. The van der Waals surface area contributed by atoms with Crippen LogP contribution in [0.5, 0.6) is 0 Å². The third-order valence-corrected chi connectivity index (χ3v) is 4.27. The molecule has 26 heavy (non-hydrogen) atoms. The molecule has 2 N–H and O–H groups in total. The van der Waals surface area contributed by atoms with Crippen molar-refractivity contribution in [2.75, 3.05) is 16.8 Å². The van der Waals surface area contributed by atoms with Crippen LogP contribution in [0.2, 0.25) is 10.0 Å². The highest BCUT2D eigenvalue weighted by molar-refractivity contribution is 6.32. The second kappa shape index (κ2) is 7.31. The maximum Gasteiger partial charge on any atom is 0.328 e. The lowest BCUT2D eigenvalue weighted by molar-refractivity contribution is -0.130. The number of hydrogen-bond donors (Lipinski definition) is 2. The quantitative estimate of drug-likeness (QED) is 0.781. The molecule has 1 heterocycles. The smallest absolute Gasteiger partial charge is 0.328 e. The first-order valence-electron chi connectivity index (χ1n) is 7.50. The van der Waals surface area contributed by atoms with Crippen molar-refractivity contribution in [3.63, 3.8) is 0 Å². The molecule has 6 nitrogen and oxygen atoms in total. The van der Waals surface area contributed by atoms with Crippen molar-refractivity contribution < 1.29 is 18.8 Å². The van der Waals surface area contributed by atoms with E-state index in [1.165, 1.54) is 12.1 Å². The number of nitrogens with one attached hydrogen (secondary N) is 2. The van der Waals surface area contributed by atoms with Crippen molar-refractivity contribution in [1.29, 1.82) is 0 Å². The summed E-state index contributed by atoms with van der Waals surface area (Å²) in [6.45, 7) is -0.157. The summed E-state index contributed by atoms with van der Waals surface area (Å²) in [5.74, 6) is -3.18. The molecule has 0 bridgehead atoms. The summed E-state index contributed by atoms with van der Waals surface area (Å²) in [6, 6.07) is 9.13. The number of imide groups is 1. The number of rotatable bonds is 3. The summed E-state index contributed by atoms with van der Waals surface area (Å²) in [5, 5.41) is 5.23. The monoisotopic (exact) mass is 395 g/mol. The number of benzene rings is 2. The van der Waals surface area contributed by atoms with Gasteiger partial charge in [-0.25, -0.2) is 14.1 Å². The first-order valence-corrected chi connectivity index (χ1v) is 8.25. The fourth-order valence-corrected chi connectivity index (χ4v) is 2.85. The van der Waals surface area contributed by atoms with Crippen LogP contribution in [0, 0.1) is 11.7 Å². The SMILES string of the molecule is O=C(Nc1cccc(Cl)c1)C1CNC(=O)N(c2ccc(F)c(Cl)c2)C1=O. The zero-order valence-electron chi connectivity index (χ0n) is 13.1. The molecule has 3 rings (SSSR count). The average Bonchev–Trinajstić information content (AvgIpc) is 2.58. The van der Waals surface area contributed by atoms with E-state index in [0.29, 0.717) is 10.7 Å². The van der Waals surface area contributed by atoms with E-state index in [1.54, 1.807) is 18.2 Å². The Morgan fingerprint density at radius 2 is 1.96 bits per heavy atom. The Morgan fingerprint density at radius 1 is 1.19 bits per heavy atom. The molecule has 0 aromatic heterocycles. The van der Waals surface area contributed by atoms with Crippen LogP contribution in [-0.4, -0.2) is 24.4 Å². The minimum Gasteiger partial charge on any atom is -0.336 e. The van der Waals surface area contributed by atoms with Crippen LogP contribution in [-0.2, 0) is 9.59 Å². The average molecular weight is 396 g/mol. The Morgan fingerprint density at radius 3 is 2.65 bits per heavy atom. The van der Waals surface area contributed by atoms with Crippen LogP contribution in [0.15, 0.2) is 42.5 Å². The highest BCUT2D eigenvalue weighted by Gasteiger charge is 2.39. The third kappa shape index (κ3) is 3.63. The number of anilines is 2. The van der Waals surface area contributed by atoms with Gasteiger partial charge < -0.3 is 10.6 Å². The molecule has 1 fully saturated rings. The van der Waals surface area contributed by atoms with E-state index in [4.69, 9.17) is 23.2 Å². The lowest BCUT2D eigenvalue weighted by atomic mass is 10.0. The highest BCUT2D eigenvalue weighted by atomic mass is 35.5. The number of hydrogen-bond acceptors (Lipinski definition) is 3. The Hall–Kier alpha value is -2.64. The van der Waals surface area contributed by atoms with Gasteiger partial charge in [0.15, 0.2) is 0 Å². The molecule has 9 heteroatoms. The largest absolute Gasteiger partial charge is 0.336 e. The van der Waals surface area contributed by atoms with Gasteiger partial charge in [-0.3, -0.25) is 9.59 Å². The fourth-order valence-electron chi connectivity index (χ4n) is 2.48. The van der Waals surface area contributed by atoms with Crippen molar-refractivity contribution in [2.24, 2.45) is 5.92 Å². The normalized spacial score (nSPS) is 17.0. The zero-order chi connectivity index (χ0) is 18.8. The number of carbonyl (C=O) groups is 3. The van der Waals surface area contributed by atoms with Gasteiger partial charge in [-0.15, -0.1) is 0 Å². The van der Waals surface area contributed by atoms with E-state index in [9.17, 15) is 18.8 Å². The Bertz CT molecular complexity index is 907. The van der Waals surface area contributed by atoms with E-state index >= 15 is 0 Å². The molecule has 0 radical (unpaired) electrons. The molecule has 2 aromatic rings. The zero-order valence-corrected chi connectivity index (χ0v) is 14.6.